The minimum atomic E-state index is -0.893. The van der Waals surface area contributed by atoms with Gasteiger partial charge in [-0.05, 0) is 62.3 Å². The maximum atomic E-state index is 14.7. The molecule has 2 aliphatic heterocycles. The first kappa shape index (κ1) is 30.7. The number of hydrogen-bond donors (Lipinski definition) is 1. The SMILES string of the molecule is Cc1c(C2=N[C@H](C(=O)N3CCN(C)CC3)[C@@H](Cc3ccc(F)cc3F)O2)oc2cccc(OCCCNCc3cccnc3)c12. The Labute approximate surface area is 260 Å². The second kappa shape index (κ2) is 13.7. The van der Waals surface area contributed by atoms with Crippen molar-refractivity contribution >= 4 is 22.8 Å². The van der Waals surface area contributed by atoms with Crippen LogP contribution in [-0.2, 0) is 22.5 Å². The Kier molecular flexibility index (Phi) is 9.37. The maximum absolute atomic E-state index is 14.7. The van der Waals surface area contributed by atoms with Crippen molar-refractivity contribution in [3.05, 3.63) is 95.0 Å². The molecule has 4 aromatic rings. The van der Waals surface area contributed by atoms with Crippen molar-refractivity contribution in [2.24, 2.45) is 4.99 Å². The standard InChI is InChI=1S/C34H37F2N5O4/c1-22-30-27(43-17-5-12-38-21-23-6-4-11-37-20-23)7-3-8-28(30)44-32(22)33-39-31(34(42)41-15-13-40(2)14-16-41)29(45-33)18-24-9-10-25(35)19-26(24)36/h3-4,6-11,19-20,29,31,38H,5,12-18,21H2,1-2H3/t29-,31+/m1/s1. The smallest absolute Gasteiger partial charge is 0.254 e. The van der Waals surface area contributed by atoms with Crippen LogP contribution in [0.3, 0.4) is 0 Å². The van der Waals surface area contributed by atoms with Crippen molar-refractivity contribution in [3.8, 4) is 5.75 Å². The van der Waals surface area contributed by atoms with Crippen LogP contribution in [0.25, 0.3) is 11.0 Å². The van der Waals surface area contributed by atoms with Gasteiger partial charge in [-0.1, -0.05) is 18.2 Å². The van der Waals surface area contributed by atoms with Crippen LogP contribution in [0.15, 0.2) is 70.3 Å². The molecule has 2 aliphatic rings. The van der Waals surface area contributed by atoms with Crippen molar-refractivity contribution in [1.29, 1.82) is 0 Å². The van der Waals surface area contributed by atoms with E-state index < -0.39 is 23.8 Å². The van der Waals surface area contributed by atoms with Gasteiger partial charge in [-0.15, -0.1) is 0 Å². The molecule has 0 unspecified atom stereocenters. The largest absolute Gasteiger partial charge is 0.493 e. The number of nitrogens with zero attached hydrogens (tertiary/aromatic N) is 4. The fraction of sp³-hybridized carbons (Fsp3) is 0.382. The number of likely N-dealkylation sites (N-methyl/N-ethyl adjacent to an activating group) is 1. The highest BCUT2D eigenvalue weighted by molar-refractivity contribution is 6.03. The number of aryl methyl sites for hydroxylation is 1. The summed E-state index contributed by atoms with van der Waals surface area (Å²) in [5.74, 6) is -0.262. The summed E-state index contributed by atoms with van der Waals surface area (Å²) in [6, 6.07) is 12.1. The number of rotatable bonds is 11. The Morgan fingerprint density at radius 2 is 1.96 bits per heavy atom. The Morgan fingerprint density at radius 3 is 2.73 bits per heavy atom. The minimum absolute atomic E-state index is 0.0473. The quantitative estimate of drug-likeness (QED) is 0.248. The Balaban J connectivity index is 1.19. The molecule has 1 fully saturated rings. The number of aliphatic imine (C=N–C) groups is 1. The highest BCUT2D eigenvalue weighted by Gasteiger charge is 2.41. The van der Waals surface area contributed by atoms with Gasteiger partial charge >= 0.3 is 0 Å². The van der Waals surface area contributed by atoms with E-state index in [1.54, 1.807) is 11.1 Å². The highest BCUT2D eigenvalue weighted by atomic mass is 19.1. The van der Waals surface area contributed by atoms with Crippen molar-refractivity contribution in [2.75, 3.05) is 46.4 Å². The van der Waals surface area contributed by atoms with Gasteiger partial charge in [0, 0.05) is 63.2 Å². The number of piperazine rings is 1. The molecular formula is C34H37F2N5O4. The summed E-state index contributed by atoms with van der Waals surface area (Å²) in [4.78, 5) is 26.5. The van der Waals surface area contributed by atoms with E-state index in [1.165, 1.54) is 12.1 Å². The number of amides is 1. The summed E-state index contributed by atoms with van der Waals surface area (Å²) in [5.41, 5.74) is 2.75. The lowest BCUT2D eigenvalue weighted by Crippen LogP contribution is -2.51. The van der Waals surface area contributed by atoms with E-state index in [0.717, 1.165) is 55.2 Å². The Bertz CT molecular complexity index is 1670. The van der Waals surface area contributed by atoms with Gasteiger partial charge < -0.3 is 29.0 Å². The monoisotopic (exact) mass is 617 g/mol. The zero-order valence-electron chi connectivity index (χ0n) is 25.5. The molecule has 0 saturated carbocycles. The van der Waals surface area contributed by atoms with Gasteiger partial charge in [-0.25, -0.2) is 13.8 Å². The van der Waals surface area contributed by atoms with E-state index >= 15 is 0 Å². The number of nitrogens with one attached hydrogen (secondary N) is 1. The summed E-state index contributed by atoms with van der Waals surface area (Å²) < 4.78 is 47.0. The second-order valence-corrected chi connectivity index (χ2v) is 11.5. The van der Waals surface area contributed by atoms with Gasteiger partial charge in [0.15, 0.2) is 11.8 Å². The maximum Gasteiger partial charge on any atom is 0.254 e. The number of carbonyl (C=O) groups excluding carboxylic acids is 1. The number of fused-ring (bicyclic) bond motifs is 1. The van der Waals surface area contributed by atoms with Gasteiger partial charge in [0.2, 0.25) is 0 Å². The normalized spacial score (nSPS) is 18.7. The van der Waals surface area contributed by atoms with Gasteiger partial charge in [-0.3, -0.25) is 9.78 Å². The first-order valence-electron chi connectivity index (χ1n) is 15.3. The van der Waals surface area contributed by atoms with Crippen LogP contribution in [0.1, 0.15) is 28.9 Å². The van der Waals surface area contributed by atoms with Crippen molar-refractivity contribution in [3.63, 3.8) is 0 Å². The molecule has 1 saturated heterocycles. The van der Waals surface area contributed by atoms with Crippen LogP contribution in [0, 0.1) is 18.6 Å². The average Bonchev–Trinajstić information content (AvgIpc) is 3.62. The zero-order chi connectivity index (χ0) is 31.3. The van der Waals surface area contributed by atoms with Gasteiger partial charge in [-0.2, -0.15) is 0 Å². The number of furan rings is 1. The first-order valence-corrected chi connectivity index (χ1v) is 15.3. The van der Waals surface area contributed by atoms with Crippen LogP contribution in [0.5, 0.6) is 5.75 Å². The third-order valence-corrected chi connectivity index (χ3v) is 8.29. The van der Waals surface area contributed by atoms with Crippen LogP contribution >= 0.6 is 0 Å². The van der Waals surface area contributed by atoms with Crippen LogP contribution < -0.4 is 10.1 Å². The fourth-order valence-corrected chi connectivity index (χ4v) is 5.75. The summed E-state index contributed by atoms with van der Waals surface area (Å²) in [5, 5.41) is 4.20. The van der Waals surface area contributed by atoms with Crippen molar-refractivity contribution in [2.45, 2.75) is 38.5 Å². The van der Waals surface area contributed by atoms with E-state index in [9.17, 15) is 13.6 Å². The lowest BCUT2D eigenvalue weighted by atomic mass is 10.0. The predicted octanol–water partition coefficient (Wildman–Crippen LogP) is 4.50. The van der Waals surface area contributed by atoms with E-state index in [1.807, 2.05) is 50.5 Å². The molecule has 2 aromatic heterocycles. The molecule has 6 rings (SSSR count). The van der Waals surface area contributed by atoms with E-state index in [-0.39, 0.29) is 23.8 Å². The Morgan fingerprint density at radius 1 is 1.11 bits per heavy atom. The fourth-order valence-electron chi connectivity index (χ4n) is 5.75. The minimum Gasteiger partial charge on any atom is -0.493 e. The molecular weight excluding hydrogens is 580 g/mol. The van der Waals surface area contributed by atoms with E-state index in [2.05, 4.69) is 15.2 Å². The van der Waals surface area contributed by atoms with Gasteiger partial charge in [0.25, 0.3) is 11.8 Å². The number of benzene rings is 2. The van der Waals surface area contributed by atoms with Crippen molar-refractivity contribution in [1.82, 2.24) is 20.1 Å². The molecule has 0 bridgehead atoms. The Hall–Kier alpha value is -4.35. The molecule has 1 amide bonds. The number of halogens is 2. The summed E-state index contributed by atoms with van der Waals surface area (Å²) >= 11 is 0. The molecule has 2 aromatic carbocycles. The third kappa shape index (κ3) is 6.99. The molecule has 0 radical (unpaired) electrons. The molecule has 9 nitrogen and oxygen atoms in total. The van der Waals surface area contributed by atoms with Crippen LogP contribution in [0.2, 0.25) is 0 Å². The lowest BCUT2D eigenvalue weighted by Gasteiger charge is -2.34. The molecule has 0 aliphatic carbocycles. The number of aromatic nitrogens is 1. The summed E-state index contributed by atoms with van der Waals surface area (Å²) in [7, 11) is 2.01. The van der Waals surface area contributed by atoms with Gasteiger partial charge in [0.05, 0.1) is 12.0 Å². The molecule has 4 heterocycles. The topological polar surface area (TPSA) is 92.4 Å². The molecule has 0 spiro atoms. The number of carbonyl (C=O) groups is 1. The first-order chi connectivity index (χ1) is 21.9. The molecule has 236 valence electrons. The summed E-state index contributed by atoms with van der Waals surface area (Å²) in [6.07, 6.45) is 3.66. The van der Waals surface area contributed by atoms with E-state index in [4.69, 9.17) is 18.9 Å². The summed E-state index contributed by atoms with van der Waals surface area (Å²) in [6.45, 7) is 6.56. The van der Waals surface area contributed by atoms with Crippen LogP contribution in [0.4, 0.5) is 8.78 Å². The zero-order valence-corrected chi connectivity index (χ0v) is 25.5. The third-order valence-electron chi connectivity index (χ3n) is 8.29. The molecule has 45 heavy (non-hydrogen) atoms. The lowest BCUT2D eigenvalue weighted by molar-refractivity contribution is -0.135. The average molecular weight is 618 g/mol. The number of hydrogen-bond acceptors (Lipinski definition) is 8. The van der Waals surface area contributed by atoms with E-state index in [0.29, 0.717) is 36.8 Å². The number of ether oxygens (including phenoxy) is 2. The predicted molar refractivity (Wildman–Crippen MR) is 166 cm³/mol. The van der Waals surface area contributed by atoms with Crippen LogP contribution in [-0.4, -0.2) is 85.1 Å². The molecule has 1 N–H and O–H groups in total. The highest BCUT2D eigenvalue weighted by Crippen LogP contribution is 2.36. The molecule has 11 heteroatoms. The van der Waals surface area contributed by atoms with Gasteiger partial charge in [0.1, 0.15) is 29.1 Å². The molecule has 2 atom stereocenters. The second-order valence-electron chi connectivity index (χ2n) is 11.5. The number of pyridine rings is 1. The van der Waals surface area contributed by atoms with Crippen molar-refractivity contribution < 1.29 is 27.5 Å².